The van der Waals surface area contributed by atoms with E-state index >= 15 is 0 Å². The SMILES string of the molecule is Cc1cccc(-c2ncc(B(O)O)c(Cl)n2)c1. The number of hydrogen-bond donors (Lipinski definition) is 2. The lowest BCUT2D eigenvalue weighted by Gasteiger charge is -2.05. The van der Waals surface area contributed by atoms with E-state index in [4.69, 9.17) is 21.6 Å². The van der Waals surface area contributed by atoms with E-state index in [9.17, 15) is 0 Å². The summed E-state index contributed by atoms with van der Waals surface area (Å²) in [6.45, 7) is 1.97. The smallest absolute Gasteiger partial charge is 0.423 e. The number of rotatable bonds is 2. The van der Waals surface area contributed by atoms with Gasteiger partial charge in [-0.25, -0.2) is 9.97 Å². The van der Waals surface area contributed by atoms with Crippen LogP contribution in [0.2, 0.25) is 5.15 Å². The first-order valence-electron chi connectivity index (χ1n) is 5.03. The molecule has 2 N–H and O–H groups in total. The fraction of sp³-hybridized carbons (Fsp3) is 0.0909. The van der Waals surface area contributed by atoms with Crippen LogP contribution in [0.1, 0.15) is 5.56 Å². The molecule has 0 saturated heterocycles. The second-order valence-electron chi connectivity index (χ2n) is 3.68. The van der Waals surface area contributed by atoms with Gasteiger partial charge in [0.2, 0.25) is 0 Å². The normalized spacial score (nSPS) is 10.4. The number of aromatic nitrogens is 2. The first-order valence-corrected chi connectivity index (χ1v) is 5.41. The van der Waals surface area contributed by atoms with E-state index in [-0.39, 0.29) is 10.6 Å². The fourth-order valence-corrected chi connectivity index (χ4v) is 1.69. The molecular weight excluding hydrogens is 238 g/mol. The molecule has 17 heavy (non-hydrogen) atoms. The minimum Gasteiger partial charge on any atom is -0.423 e. The van der Waals surface area contributed by atoms with Gasteiger partial charge in [0.15, 0.2) is 5.82 Å². The van der Waals surface area contributed by atoms with E-state index in [0.29, 0.717) is 5.82 Å². The van der Waals surface area contributed by atoms with Crippen LogP contribution in [0.25, 0.3) is 11.4 Å². The molecule has 86 valence electrons. The zero-order valence-corrected chi connectivity index (χ0v) is 9.89. The van der Waals surface area contributed by atoms with E-state index in [2.05, 4.69) is 9.97 Å². The molecule has 1 aromatic carbocycles. The maximum Gasteiger partial charge on any atom is 0.493 e. The highest BCUT2D eigenvalue weighted by Crippen LogP contribution is 2.16. The van der Waals surface area contributed by atoms with Crippen LogP contribution in [0, 0.1) is 6.92 Å². The van der Waals surface area contributed by atoms with Gasteiger partial charge in [-0.05, 0) is 13.0 Å². The molecule has 1 heterocycles. The Morgan fingerprint density at radius 2 is 2.06 bits per heavy atom. The first kappa shape index (κ1) is 12.0. The Bertz CT molecular complexity index is 549. The number of nitrogens with zero attached hydrogens (tertiary/aromatic N) is 2. The Labute approximate surface area is 104 Å². The summed E-state index contributed by atoms with van der Waals surface area (Å²) in [4.78, 5) is 8.10. The highest BCUT2D eigenvalue weighted by atomic mass is 35.5. The minimum atomic E-state index is -1.66. The summed E-state index contributed by atoms with van der Waals surface area (Å²) < 4.78 is 0. The molecular formula is C11H10BClN2O2. The van der Waals surface area contributed by atoms with Crippen molar-refractivity contribution < 1.29 is 10.0 Å². The summed E-state index contributed by atoms with van der Waals surface area (Å²) in [5.41, 5.74) is 2.03. The van der Waals surface area contributed by atoms with Gasteiger partial charge >= 0.3 is 7.12 Å². The monoisotopic (exact) mass is 248 g/mol. The van der Waals surface area contributed by atoms with Crippen molar-refractivity contribution in [2.75, 3.05) is 0 Å². The first-order chi connectivity index (χ1) is 8.08. The molecule has 6 heteroatoms. The highest BCUT2D eigenvalue weighted by molar-refractivity contribution is 6.62. The molecule has 0 aliphatic carbocycles. The summed E-state index contributed by atoms with van der Waals surface area (Å²) in [5, 5.41) is 18.1. The molecule has 4 nitrogen and oxygen atoms in total. The van der Waals surface area contributed by atoms with Crippen LogP contribution in [0.4, 0.5) is 0 Å². The molecule has 0 unspecified atom stereocenters. The molecule has 2 aromatic rings. The van der Waals surface area contributed by atoms with Gasteiger partial charge in [-0.2, -0.15) is 0 Å². The third kappa shape index (κ3) is 2.63. The van der Waals surface area contributed by atoms with Crippen molar-refractivity contribution in [2.45, 2.75) is 6.92 Å². The average Bonchev–Trinajstić information content (AvgIpc) is 2.28. The van der Waals surface area contributed by atoms with Crippen molar-refractivity contribution >= 4 is 24.2 Å². The molecule has 0 amide bonds. The predicted octanol–water partition coefficient (Wildman–Crippen LogP) is 0.785. The average molecular weight is 248 g/mol. The van der Waals surface area contributed by atoms with E-state index in [1.807, 2.05) is 31.2 Å². The topological polar surface area (TPSA) is 66.2 Å². The number of aryl methyl sites for hydroxylation is 1. The molecule has 0 aliphatic heterocycles. The van der Waals surface area contributed by atoms with E-state index in [0.717, 1.165) is 11.1 Å². The van der Waals surface area contributed by atoms with Crippen LogP contribution >= 0.6 is 11.6 Å². The predicted molar refractivity (Wildman–Crippen MR) is 67.0 cm³/mol. The summed E-state index contributed by atoms with van der Waals surface area (Å²) in [7, 11) is -1.66. The van der Waals surface area contributed by atoms with Crippen LogP contribution < -0.4 is 5.46 Å². The molecule has 1 aromatic heterocycles. The molecule has 0 radical (unpaired) electrons. The number of hydrogen-bond acceptors (Lipinski definition) is 4. The fourth-order valence-electron chi connectivity index (χ4n) is 1.47. The molecule has 0 aliphatic rings. The summed E-state index contributed by atoms with van der Waals surface area (Å²) in [5.74, 6) is 0.461. The quantitative estimate of drug-likeness (QED) is 0.609. The van der Waals surface area contributed by atoms with Crippen LogP contribution in [-0.2, 0) is 0 Å². The van der Waals surface area contributed by atoms with Crippen LogP contribution in [0.5, 0.6) is 0 Å². The Hall–Kier alpha value is -1.43. The second kappa shape index (κ2) is 4.83. The standard InChI is InChI=1S/C11H10BClN2O2/c1-7-3-2-4-8(5-7)11-14-6-9(12(16)17)10(13)15-11/h2-6,16-17H,1H3. The van der Waals surface area contributed by atoms with Crippen molar-refractivity contribution in [3.8, 4) is 11.4 Å². The maximum atomic E-state index is 9.00. The summed E-state index contributed by atoms with van der Waals surface area (Å²) in [6, 6.07) is 7.67. The molecule has 0 spiro atoms. The Balaban J connectivity index is 2.44. The zero-order valence-electron chi connectivity index (χ0n) is 9.13. The van der Waals surface area contributed by atoms with Crippen molar-refractivity contribution in [1.82, 2.24) is 9.97 Å². The van der Waals surface area contributed by atoms with Crippen LogP contribution in [-0.4, -0.2) is 27.1 Å². The van der Waals surface area contributed by atoms with Crippen molar-refractivity contribution in [1.29, 1.82) is 0 Å². The van der Waals surface area contributed by atoms with Gasteiger partial charge in [0.25, 0.3) is 0 Å². The summed E-state index contributed by atoms with van der Waals surface area (Å²) >= 11 is 5.84. The van der Waals surface area contributed by atoms with Crippen molar-refractivity contribution in [3.05, 3.63) is 41.2 Å². The van der Waals surface area contributed by atoms with Gasteiger partial charge in [0.1, 0.15) is 5.15 Å². The summed E-state index contributed by atoms with van der Waals surface area (Å²) in [6.07, 6.45) is 1.32. The van der Waals surface area contributed by atoms with Gasteiger partial charge in [0, 0.05) is 17.2 Å². The van der Waals surface area contributed by atoms with Crippen LogP contribution in [0.15, 0.2) is 30.5 Å². The van der Waals surface area contributed by atoms with E-state index < -0.39 is 7.12 Å². The Morgan fingerprint density at radius 1 is 1.29 bits per heavy atom. The highest BCUT2D eigenvalue weighted by Gasteiger charge is 2.17. The zero-order chi connectivity index (χ0) is 12.4. The van der Waals surface area contributed by atoms with Gasteiger partial charge in [-0.15, -0.1) is 0 Å². The number of halogens is 1. The van der Waals surface area contributed by atoms with Gasteiger partial charge in [-0.3, -0.25) is 0 Å². The molecule has 0 saturated carbocycles. The third-order valence-electron chi connectivity index (χ3n) is 2.32. The van der Waals surface area contributed by atoms with Gasteiger partial charge in [-0.1, -0.05) is 35.4 Å². The molecule has 0 bridgehead atoms. The lowest BCUT2D eigenvalue weighted by Crippen LogP contribution is -2.32. The lowest BCUT2D eigenvalue weighted by atomic mass is 9.83. The van der Waals surface area contributed by atoms with Crippen molar-refractivity contribution in [3.63, 3.8) is 0 Å². The Morgan fingerprint density at radius 3 is 2.65 bits per heavy atom. The maximum absolute atomic E-state index is 9.00. The van der Waals surface area contributed by atoms with Gasteiger partial charge < -0.3 is 10.0 Å². The van der Waals surface area contributed by atoms with Crippen molar-refractivity contribution in [2.24, 2.45) is 0 Å². The van der Waals surface area contributed by atoms with E-state index in [1.165, 1.54) is 6.20 Å². The third-order valence-corrected chi connectivity index (χ3v) is 2.63. The molecule has 0 atom stereocenters. The molecule has 0 fully saturated rings. The molecule has 2 rings (SSSR count). The minimum absolute atomic E-state index is 0.0477. The van der Waals surface area contributed by atoms with Crippen LogP contribution in [0.3, 0.4) is 0 Å². The van der Waals surface area contributed by atoms with Gasteiger partial charge in [0.05, 0.1) is 0 Å². The second-order valence-corrected chi connectivity index (χ2v) is 4.04. The largest absolute Gasteiger partial charge is 0.493 e. The number of benzene rings is 1. The van der Waals surface area contributed by atoms with E-state index in [1.54, 1.807) is 0 Å². The lowest BCUT2D eigenvalue weighted by molar-refractivity contribution is 0.425. The Kier molecular flexibility index (Phi) is 3.42.